The number of benzene rings is 1. The number of carbonyl (C=O) groups is 1. The first-order valence-electron chi connectivity index (χ1n) is 10.2. The molecule has 7 heteroatoms. The third-order valence-corrected chi connectivity index (χ3v) is 6.22. The number of hydrogen-bond donors (Lipinski definition) is 1. The highest BCUT2D eigenvalue weighted by atomic mass is 32.2. The number of aromatic nitrogens is 2. The third-order valence-electron chi connectivity index (χ3n) is 5.12. The molecule has 1 aliphatic rings. The molecule has 1 aliphatic carbocycles. The summed E-state index contributed by atoms with van der Waals surface area (Å²) in [6.07, 6.45) is 7.86. The van der Waals surface area contributed by atoms with Gasteiger partial charge in [-0.2, -0.15) is 0 Å². The lowest BCUT2D eigenvalue weighted by Gasteiger charge is -2.18. The molecule has 0 radical (unpaired) electrons. The molecule has 1 heterocycles. The molecule has 1 amide bonds. The molecule has 1 aromatic heterocycles. The Morgan fingerprint density at radius 2 is 2.17 bits per heavy atom. The van der Waals surface area contributed by atoms with Crippen LogP contribution in [0, 0.1) is 0 Å². The number of nitrogens with one attached hydrogen (secondary N) is 1. The van der Waals surface area contributed by atoms with Crippen molar-refractivity contribution in [3.05, 3.63) is 46.3 Å². The number of nitrogens with zero attached hydrogens (tertiary/aromatic N) is 2. The molecule has 0 spiro atoms. The molecule has 1 aromatic carbocycles. The summed E-state index contributed by atoms with van der Waals surface area (Å²) in [6.45, 7) is 3.36. The molecule has 0 aliphatic heterocycles. The van der Waals surface area contributed by atoms with Crippen LogP contribution < -0.4 is 10.9 Å². The van der Waals surface area contributed by atoms with Gasteiger partial charge in [-0.1, -0.05) is 35.5 Å². The number of rotatable bonds is 9. The molecule has 0 saturated heterocycles. The fourth-order valence-electron chi connectivity index (χ4n) is 3.45. The Morgan fingerprint density at radius 1 is 1.34 bits per heavy atom. The van der Waals surface area contributed by atoms with Crippen LogP contribution in [0.4, 0.5) is 0 Å². The first-order chi connectivity index (χ1) is 14.1. The van der Waals surface area contributed by atoms with Crippen LogP contribution in [-0.4, -0.2) is 41.0 Å². The molecular formula is C22H29N3O3S. The van der Waals surface area contributed by atoms with Crippen molar-refractivity contribution in [1.29, 1.82) is 0 Å². The summed E-state index contributed by atoms with van der Waals surface area (Å²) >= 11 is 1.33. The molecule has 29 heavy (non-hydrogen) atoms. The van der Waals surface area contributed by atoms with E-state index >= 15 is 0 Å². The summed E-state index contributed by atoms with van der Waals surface area (Å²) in [4.78, 5) is 30.3. The van der Waals surface area contributed by atoms with E-state index in [4.69, 9.17) is 9.72 Å². The van der Waals surface area contributed by atoms with Gasteiger partial charge in [0.15, 0.2) is 5.16 Å². The summed E-state index contributed by atoms with van der Waals surface area (Å²) in [7, 11) is 1.60. The zero-order valence-corrected chi connectivity index (χ0v) is 18.0. The summed E-state index contributed by atoms with van der Waals surface area (Å²) < 4.78 is 6.72. The third kappa shape index (κ3) is 5.70. The zero-order valence-electron chi connectivity index (χ0n) is 17.1. The maximum atomic E-state index is 13.2. The second kappa shape index (κ2) is 10.6. The lowest BCUT2D eigenvalue weighted by Crippen LogP contribution is -2.34. The van der Waals surface area contributed by atoms with E-state index in [-0.39, 0.29) is 16.7 Å². The first kappa shape index (κ1) is 21.6. The SMILES string of the molecule is COCCNC(=O)[C@@H](C)Sc1nc2ccccc2c(=O)n1CCC1=CCCCC1. The van der Waals surface area contributed by atoms with Gasteiger partial charge in [-0.25, -0.2) is 4.98 Å². The van der Waals surface area contributed by atoms with Crippen LogP contribution in [0.5, 0.6) is 0 Å². The highest BCUT2D eigenvalue weighted by Gasteiger charge is 2.19. The van der Waals surface area contributed by atoms with E-state index in [1.165, 1.54) is 30.2 Å². The monoisotopic (exact) mass is 415 g/mol. The van der Waals surface area contributed by atoms with Crippen molar-refractivity contribution in [3.8, 4) is 0 Å². The molecule has 1 N–H and O–H groups in total. The van der Waals surface area contributed by atoms with Crippen molar-refractivity contribution < 1.29 is 9.53 Å². The lowest BCUT2D eigenvalue weighted by atomic mass is 9.97. The molecule has 1 atom stereocenters. The van der Waals surface area contributed by atoms with E-state index in [1.807, 2.05) is 31.2 Å². The molecule has 0 bridgehead atoms. The van der Waals surface area contributed by atoms with Crippen molar-refractivity contribution >= 4 is 28.6 Å². The van der Waals surface area contributed by atoms with Crippen LogP contribution in [-0.2, 0) is 16.1 Å². The van der Waals surface area contributed by atoms with Gasteiger partial charge in [-0.15, -0.1) is 0 Å². The minimum atomic E-state index is -0.361. The Morgan fingerprint density at radius 3 is 2.93 bits per heavy atom. The van der Waals surface area contributed by atoms with E-state index < -0.39 is 0 Å². The topological polar surface area (TPSA) is 73.2 Å². The number of carbonyl (C=O) groups excluding carboxylic acids is 1. The van der Waals surface area contributed by atoms with Crippen LogP contribution >= 0.6 is 11.8 Å². The van der Waals surface area contributed by atoms with E-state index in [2.05, 4.69) is 11.4 Å². The summed E-state index contributed by atoms with van der Waals surface area (Å²) in [5.74, 6) is -0.0870. The Bertz CT molecular complexity index is 939. The van der Waals surface area contributed by atoms with Crippen molar-refractivity contribution in [2.75, 3.05) is 20.3 Å². The van der Waals surface area contributed by atoms with Crippen LogP contribution in [0.25, 0.3) is 10.9 Å². The molecule has 0 saturated carbocycles. The molecule has 3 rings (SSSR count). The molecule has 6 nitrogen and oxygen atoms in total. The fourth-order valence-corrected chi connectivity index (χ4v) is 4.41. The van der Waals surface area contributed by atoms with Crippen LogP contribution in [0.2, 0.25) is 0 Å². The maximum absolute atomic E-state index is 13.2. The van der Waals surface area contributed by atoms with Gasteiger partial charge in [0.25, 0.3) is 5.56 Å². The highest BCUT2D eigenvalue weighted by molar-refractivity contribution is 8.00. The Labute approximate surface area is 175 Å². The van der Waals surface area contributed by atoms with Crippen LogP contribution in [0.3, 0.4) is 0 Å². The average molecular weight is 416 g/mol. The highest BCUT2D eigenvalue weighted by Crippen LogP contribution is 2.25. The largest absolute Gasteiger partial charge is 0.383 e. The molecule has 2 aromatic rings. The molecule has 0 fully saturated rings. The summed E-state index contributed by atoms with van der Waals surface area (Å²) in [6, 6.07) is 7.40. The van der Waals surface area contributed by atoms with E-state index in [0.29, 0.717) is 35.8 Å². The van der Waals surface area contributed by atoms with Gasteiger partial charge in [0.1, 0.15) is 0 Å². The fraction of sp³-hybridized carbons (Fsp3) is 0.500. The quantitative estimate of drug-likeness (QED) is 0.294. The van der Waals surface area contributed by atoms with Crippen molar-refractivity contribution in [2.45, 2.75) is 56.0 Å². The molecular weight excluding hydrogens is 386 g/mol. The lowest BCUT2D eigenvalue weighted by molar-refractivity contribution is -0.120. The van der Waals surface area contributed by atoms with Gasteiger partial charge >= 0.3 is 0 Å². The standard InChI is InChI=1S/C22H29N3O3S/c1-16(20(26)23-13-15-28-2)29-22-24-19-11-7-6-10-18(19)21(27)25(22)14-12-17-8-4-3-5-9-17/h6-8,10-11,16H,3-5,9,12-15H2,1-2H3,(H,23,26)/t16-/m1/s1. The van der Waals surface area contributed by atoms with Gasteiger partial charge in [0.2, 0.25) is 5.91 Å². The van der Waals surface area contributed by atoms with Crippen LogP contribution in [0.1, 0.15) is 39.0 Å². The number of methoxy groups -OCH3 is 1. The van der Waals surface area contributed by atoms with Gasteiger partial charge < -0.3 is 10.1 Å². The smallest absolute Gasteiger partial charge is 0.262 e. The number of thioether (sulfide) groups is 1. The minimum Gasteiger partial charge on any atom is -0.383 e. The second-order valence-corrected chi connectivity index (χ2v) is 8.58. The Kier molecular flexibility index (Phi) is 7.89. The normalized spacial score (nSPS) is 15.2. The first-order valence-corrected chi connectivity index (χ1v) is 11.1. The predicted octanol–water partition coefficient (Wildman–Crippen LogP) is 3.53. The van der Waals surface area contributed by atoms with Gasteiger partial charge in [0.05, 0.1) is 22.8 Å². The predicted molar refractivity (Wildman–Crippen MR) is 117 cm³/mol. The number of ether oxygens (including phenoxy) is 1. The number of hydrogen-bond acceptors (Lipinski definition) is 5. The molecule has 156 valence electrons. The number of para-hydroxylation sites is 1. The van der Waals surface area contributed by atoms with Crippen LogP contribution in [0.15, 0.2) is 45.9 Å². The van der Waals surface area contributed by atoms with Gasteiger partial charge in [-0.05, 0) is 51.2 Å². The van der Waals surface area contributed by atoms with E-state index in [0.717, 1.165) is 19.3 Å². The van der Waals surface area contributed by atoms with E-state index in [9.17, 15) is 9.59 Å². The van der Waals surface area contributed by atoms with Crippen molar-refractivity contribution in [2.24, 2.45) is 0 Å². The number of amides is 1. The average Bonchev–Trinajstić information content (AvgIpc) is 2.74. The molecule has 0 unspecified atom stereocenters. The Balaban J connectivity index is 1.84. The summed E-state index contributed by atoms with van der Waals surface area (Å²) in [5.41, 5.74) is 2.04. The number of fused-ring (bicyclic) bond motifs is 1. The minimum absolute atomic E-state index is 0.0403. The van der Waals surface area contributed by atoms with Crippen molar-refractivity contribution in [1.82, 2.24) is 14.9 Å². The summed E-state index contributed by atoms with van der Waals surface area (Å²) in [5, 5.41) is 3.70. The zero-order chi connectivity index (χ0) is 20.6. The van der Waals surface area contributed by atoms with Crippen molar-refractivity contribution in [3.63, 3.8) is 0 Å². The van der Waals surface area contributed by atoms with E-state index in [1.54, 1.807) is 11.7 Å². The van der Waals surface area contributed by atoms with Gasteiger partial charge in [-0.3, -0.25) is 14.2 Å². The second-order valence-electron chi connectivity index (χ2n) is 7.27. The maximum Gasteiger partial charge on any atom is 0.262 e. The Hall–Kier alpha value is -2.12. The number of allylic oxidation sites excluding steroid dienone is 2. The van der Waals surface area contributed by atoms with Gasteiger partial charge in [0, 0.05) is 20.2 Å².